The number of rotatable bonds is 6. The molecule has 3 rings (SSSR count). The van der Waals surface area contributed by atoms with Gasteiger partial charge in [0.1, 0.15) is 11.8 Å². The van der Waals surface area contributed by atoms with Crippen molar-refractivity contribution < 1.29 is 27.9 Å². The van der Waals surface area contributed by atoms with Gasteiger partial charge in [-0.2, -0.15) is 5.26 Å². The van der Waals surface area contributed by atoms with E-state index in [1.807, 2.05) is 6.07 Å². The molecule has 1 saturated carbocycles. The van der Waals surface area contributed by atoms with Gasteiger partial charge in [0.05, 0.1) is 28.3 Å². The molecule has 11 heteroatoms. The van der Waals surface area contributed by atoms with Gasteiger partial charge >= 0.3 is 5.97 Å². The molecule has 2 unspecified atom stereocenters. The standard InChI is InChI=1S/C17H18ClN3O6S/c1-27-9-2-3-13(11(18)4-9)28(25,26)10-5-12(15(22)23)21(7-10)14-6-17(14,8-19)16(20)24/h2-4,10,12,14H,5-7H2,1H3,(H2,20,24)(H,22,23)/t10-,12+,14?,17?/m1/s1. The summed E-state index contributed by atoms with van der Waals surface area (Å²) in [6, 6.07) is 4.12. The molecule has 28 heavy (non-hydrogen) atoms. The molecule has 0 spiro atoms. The number of nitrogens with two attached hydrogens (primary N) is 1. The van der Waals surface area contributed by atoms with Crippen molar-refractivity contribution in [2.45, 2.75) is 35.1 Å². The summed E-state index contributed by atoms with van der Waals surface area (Å²) >= 11 is 6.10. The average Bonchev–Trinajstić information content (AvgIpc) is 3.22. The van der Waals surface area contributed by atoms with Crippen LogP contribution in [0, 0.1) is 16.7 Å². The molecular weight excluding hydrogens is 410 g/mol. The van der Waals surface area contributed by atoms with Gasteiger partial charge in [0, 0.05) is 18.7 Å². The Morgan fingerprint density at radius 1 is 1.46 bits per heavy atom. The molecule has 3 N–H and O–H groups in total. The fraction of sp³-hybridized carbons (Fsp3) is 0.471. The lowest BCUT2D eigenvalue weighted by molar-refractivity contribution is -0.142. The maximum absolute atomic E-state index is 13.1. The van der Waals surface area contributed by atoms with Crippen LogP contribution in [-0.2, 0) is 19.4 Å². The number of methoxy groups -OCH3 is 1. The van der Waals surface area contributed by atoms with Crippen molar-refractivity contribution in [3.8, 4) is 11.8 Å². The van der Waals surface area contributed by atoms with Gasteiger partial charge in [0.15, 0.2) is 15.3 Å². The molecule has 4 atom stereocenters. The quantitative estimate of drug-likeness (QED) is 0.662. The van der Waals surface area contributed by atoms with E-state index in [1.165, 1.54) is 30.2 Å². The van der Waals surface area contributed by atoms with E-state index in [2.05, 4.69) is 0 Å². The number of carbonyl (C=O) groups excluding carboxylic acids is 1. The highest BCUT2D eigenvalue weighted by atomic mass is 35.5. The zero-order valence-corrected chi connectivity index (χ0v) is 16.4. The first kappa shape index (κ1) is 20.4. The number of carboxylic acids is 1. The molecule has 0 bridgehead atoms. The van der Waals surface area contributed by atoms with Gasteiger partial charge in [0.25, 0.3) is 0 Å². The molecule has 2 aliphatic rings. The maximum Gasteiger partial charge on any atom is 0.320 e. The Morgan fingerprint density at radius 3 is 2.61 bits per heavy atom. The summed E-state index contributed by atoms with van der Waals surface area (Å²) in [6.07, 6.45) is -0.102. The largest absolute Gasteiger partial charge is 0.497 e. The minimum Gasteiger partial charge on any atom is -0.497 e. The van der Waals surface area contributed by atoms with Crippen LogP contribution in [0.2, 0.25) is 5.02 Å². The Kier molecular flexibility index (Phi) is 5.04. The Morgan fingerprint density at radius 2 is 2.14 bits per heavy atom. The van der Waals surface area contributed by atoms with Crippen LogP contribution in [0.3, 0.4) is 0 Å². The Bertz CT molecular complexity index is 991. The number of aliphatic carboxylic acids is 1. The second-order valence-corrected chi connectivity index (χ2v) is 9.52. The molecule has 0 aromatic heterocycles. The lowest BCUT2D eigenvalue weighted by atomic mass is 10.1. The van der Waals surface area contributed by atoms with Crippen molar-refractivity contribution in [2.24, 2.45) is 11.1 Å². The number of amides is 1. The molecule has 150 valence electrons. The summed E-state index contributed by atoms with van der Waals surface area (Å²) in [4.78, 5) is 24.6. The molecule has 1 aromatic rings. The number of sulfone groups is 1. The van der Waals surface area contributed by atoms with E-state index in [0.29, 0.717) is 5.75 Å². The molecule has 1 aliphatic carbocycles. The summed E-state index contributed by atoms with van der Waals surface area (Å²) in [7, 11) is -2.54. The highest BCUT2D eigenvalue weighted by Gasteiger charge is 2.66. The summed E-state index contributed by atoms with van der Waals surface area (Å²) in [6.45, 7) is -0.136. The number of nitriles is 1. The van der Waals surface area contributed by atoms with E-state index < -0.39 is 44.5 Å². The van der Waals surface area contributed by atoms with Crippen molar-refractivity contribution in [1.29, 1.82) is 5.26 Å². The van der Waals surface area contributed by atoms with Crippen LogP contribution in [0.25, 0.3) is 0 Å². The molecule has 1 saturated heterocycles. The fourth-order valence-electron chi connectivity index (χ4n) is 3.74. The predicted octanol–water partition coefficient (Wildman–Crippen LogP) is 0.417. The van der Waals surface area contributed by atoms with E-state index in [0.717, 1.165) is 0 Å². The fourth-order valence-corrected chi connectivity index (χ4v) is 5.98. The van der Waals surface area contributed by atoms with Gasteiger partial charge in [-0.15, -0.1) is 0 Å². The van der Waals surface area contributed by atoms with E-state index in [4.69, 9.17) is 22.1 Å². The number of carboxylic acid groups (broad SMARTS) is 1. The number of carbonyl (C=O) groups is 2. The predicted molar refractivity (Wildman–Crippen MR) is 97.4 cm³/mol. The van der Waals surface area contributed by atoms with Crippen molar-refractivity contribution in [2.75, 3.05) is 13.7 Å². The number of primary amides is 1. The number of ether oxygens (including phenoxy) is 1. The van der Waals surface area contributed by atoms with Crippen molar-refractivity contribution in [3.05, 3.63) is 23.2 Å². The second-order valence-electron chi connectivity index (χ2n) is 6.92. The molecule has 0 radical (unpaired) electrons. The monoisotopic (exact) mass is 427 g/mol. The van der Waals surface area contributed by atoms with Gasteiger partial charge < -0.3 is 15.6 Å². The minimum absolute atomic E-state index is 0.0281. The zero-order chi connectivity index (χ0) is 20.9. The SMILES string of the molecule is COc1ccc(S(=O)(=O)[C@@H]2C[C@@H](C(=O)O)N(C3CC3(C#N)C(N)=O)C2)c(Cl)c1. The first-order valence-corrected chi connectivity index (χ1v) is 10.3. The van der Waals surface area contributed by atoms with Crippen LogP contribution in [-0.4, -0.2) is 61.3 Å². The summed E-state index contributed by atoms with van der Waals surface area (Å²) in [5, 5.41) is 17.8. The summed E-state index contributed by atoms with van der Waals surface area (Å²) in [5.74, 6) is -1.67. The van der Waals surface area contributed by atoms with Crippen LogP contribution in [0.15, 0.2) is 23.1 Å². The molecule has 1 aliphatic heterocycles. The van der Waals surface area contributed by atoms with Crippen molar-refractivity contribution in [3.63, 3.8) is 0 Å². The summed E-state index contributed by atoms with van der Waals surface area (Å²) < 4.78 is 31.2. The smallest absolute Gasteiger partial charge is 0.320 e. The Hall–Kier alpha value is -2.35. The Balaban J connectivity index is 1.92. The van der Waals surface area contributed by atoms with Gasteiger partial charge in [-0.1, -0.05) is 11.6 Å². The summed E-state index contributed by atoms with van der Waals surface area (Å²) in [5.41, 5.74) is 3.82. The third-order valence-electron chi connectivity index (χ3n) is 5.43. The van der Waals surface area contributed by atoms with Crippen LogP contribution >= 0.6 is 11.6 Å². The second kappa shape index (κ2) is 6.92. The third-order valence-corrected chi connectivity index (χ3v) is 8.05. The van der Waals surface area contributed by atoms with E-state index in [9.17, 15) is 28.4 Å². The molecule has 1 heterocycles. The maximum atomic E-state index is 13.1. The molecule has 1 amide bonds. The number of hydrogen-bond acceptors (Lipinski definition) is 7. The van der Waals surface area contributed by atoms with E-state index in [1.54, 1.807) is 0 Å². The first-order chi connectivity index (χ1) is 13.1. The highest BCUT2D eigenvalue weighted by molar-refractivity contribution is 7.92. The van der Waals surface area contributed by atoms with Crippen LogP contribution < -0.4 is 10.5 Å². The van der Waals surface area contributed by atoms with Gasteiger partial charge in [-0.25, -0.2) is 8.42 Å². The lowest BCUT2D eigenvalue weighted by Gasteiger charge is -2.22. The Labute approximate surface area is 166 Å². The molecule has 9 nitrogen and oxygen atoms in total. The van der Waals surface area contributed by atoms with E-state index in [-0.39, 0.29) is 29.3 Å². The average molecular weight is 428 g/mol. The van der Waals surface area contributed by atoms with Gasteiger partial charge in [0.2, 0.25) is 5.91 Å². The van der Waals surface area contributed by atoms with Crippen LogP contribution in [0.4, 0.5) is 0 Å². The number of likely N-dealkylation sites (tertiary alicyclic amines) is 1. The molecule has 1 aromatic carbocycles. The number of nitrogens with zero attached hydrogens (tertiary/aromatic N) is 2. The lowest BCUT2D eigenvalue weighted by Crippen LogP contribution is -2.42. The van der Waals surface area contributed by atoms with E-state index >= 15 is 0 Å². The van der Waals surface area contributed by atoms with Gasteiger partial charge in [-0.3, -0.25) is 14.5 Å². The zero-order valence-electron chi connectivity index (χ0n) is 14.8. The van der Waals surface area contributed by atoms with Crippen molar-refractivity contribution >= 4 is 33.3 Å². The van der Waals surface area contributed by atoms with Crippen LogP contribution in [0.5, 0.6) is 5.75 Å². The molecule has 2 fully saturated rings. The first-order valence-electron chi connectivity index (χ1n) is 8.35. The number of benzene rings is 1. The normalized spacial score (nSPS) is 29.8. The number of hydrogen-bond donors (Lipinski definition) is 2. The third kappa shape index (κ3) is 3.09. The minimum atomic E-state index is -3.96. The highest BCUT2D eigenvalue weighted by Crippen LogP contribution is 2.51. The topological polar surface area (TPSA) is 151 Å². The number of halogens is 1. The van der Waals surface area contributed by atoms with Crippen molar-refractivity contribution in [1.82, 2.24) is 4.90 Å². The van der Waals surface area contributed by atoms with Crippen LogP contribution in [0.1, 0.15) is 12.8 Å². The molecular formula is C17H18ClN3O6S. The van der Waals surface area contributed by atoms with Gasteiger partial charge in [-0.05, 0) is 25.0 Å².